The van der Waals surface area contributed by atoms with E-state index in [1.165, 1.54) is 29.0 Å². The molecular formula is C18H25Cl2N3OS. The highest BCUT2D eigenvalue weighted by Crippen LogP contribution is 2.30. The lowest BCUT2D eigenvalue weighted by atomic mass is 9.94. The van der Waals surface area contributed by atoms with Crippen LogP contribution >= 0.6 is 35.3 Å². The molecule has 0 spiro atoms. The standard InChI is InChI=1S/C18H24ClN3OS.ClH/c19-12-4-5-17-15(10-12)22-18(24-17)6-7-20-14-3-1-2-13(14)16-11-23-9-8-21-16;/h4-5,10,13-14,16,20-21H,1-3,6-9,11H2;1H. The Morgan fingerprint density at radius 1 is 1.36 bits per heavy atom. The van der Waals surface area contributed by atoms with E-state index in [-0.39, 0.29) is 12.4 Å². The summed E-state index contributed by atoms with van der Waals surface area (Å²) in [4.78, 5) is 4.71. The second-order valence-corrected chi connectivity index (χ2v) is 8.31. The highest BCUT2D eigenvalue weighted by Gasteiger charge is 2.34. The highest BCUT2D eigenvalue weighted by atomic mass is 35.5. The number of ether oxygens (including phenoxy) is 1. The van der Waals surface area contributed by atoms with E-state index in [2.05, 4.69) is 16.7 Å². The molecular weight excluding hydrogens is 377 g/mol. The van der Waals surface area contributed by atoms with Crippen molar-refractivity contribution in [3.05, 3.63) is 28.2 Å². The first-order valence-corrected chi connectivity index (χ1v) is 10.1. The Kier molecular flexibility index (Phi) is 6.94. The summed E-state index contributed by atoms with van der Waals surface area (Å²) in [6.07, 6.45) is 4.88. The molecule has 25 heavy (non-hydrogen) atoms. The number of benzene rings is 1. The van der Waals surface area contributed by atoms with Gasteiger partial charge in [-0.05, 0) is 37.0 Å². The predicted octanol–water partition coefficient (Wildman–Crippen LogP) is 3.66. The lowest BCUT2D eigenvalue weighted by Crippen LogP contribution is -2.51. The van der Waals surface area contributed by atoms with Crippen LogP contribution in [0, 0.1) is 5.92 Å². The van der Waals surface area contributed by atoms with E-state index in [9.17, 15) is 0 Å². The second kappa shape index (κ2) is 8.98. The normalized spacial score (nSPS) is 26.7. The summed E-state index contributed by atoms with van der Waals surface area (Å²) < 4.78 is 6.87. The number of nitrogens with one attached hydrogen (secondary N) is 2. The Labute approximate surface area is 164 Å². The summed E-state index contributed by atoms with van der Waals surface area (Å²) in [7, 11) is 0. The fourth-order valence-corrected chi connectivity index (χ4v) is 5.12. The highest BCUT2D eigenvalue weighted by molar-refractivity contribution is 7.18. The zero-order chi connectivity index (χ0) is 16.4. The number of hydrogen-bond donors (Lipinski definition) is 2. The number of aromatic nitrogens is 1. The number of halogens is 2. The number of nitrogens with zero attached hydrogens (tertiary/aromatic N) is 1. The first-order chi connectivity index (χ1) is 11.8. The molecule has 1 aliphatic heterocycles. The Hall–Kier alpha value is -0.430. The van der Waals surface area contributed by atoms with Crippen LogP contribution in [0.15, 0.2) is 18.2 Å². The third-order valence-electron chi connectivity index (χ3n) is 5.18. The van der Waals surface area contributed by atoms with E-state index in [0.717, 1.165) is 43.3 Å². The number of morpholine rings is 1. The number of hydrogen-bond acceptors (Lipinski definition) is 5. The Bertz CT molecular complexity index is 690. The average molecular weight is 402 g/mol. The van der Waals surface area contributed by atoms with Gasteiger partial charge in [-0.15, -0.1) is 23.7 Å². The van der Waals surface area contributed by atoms with Crippen molar-refractivity contribution in [1.82, 2.24) is 15.6 Å². The molecule has 4 nitrogen and oxygen atoms in total. The minimum Gasteiger partial charge on any atom is -0.379 e. The topological polar surface area (TPSA) is 46.2 Å². The van der Waals surface area contributed by atoms with Gasteiger partial charge >= 0.3 is 0 Å². The van der Waals surface area contributed by atoms with Gasteiger partial charge in [-0.25, -0.2) is 4.98 Å². The van der Waals surface area contributed by atoms with Crippen LogP contribution in [0.3, 0.4) is 0 Å². The van der Waals surface area contributed by atoms with Crippen molar-refractivity contribution < 1.29 is 4.74 Å². The van der Waals surface area contributed by atoms with Crippen LogP contribution in [0.1, 0.15) is 24.3 Å². The monoisotopic (exact) mass is 401 g/mol. The molecule has 2 N–H and O–H groups in total. The zero-order valence-corrected chi connectivity index (χ0v) is 16.6. The van der Waals surface area contributed by atoms with Crippen LogP contribution in [0.25, 0.3) is 10.2 Å². The molecule has 1 saturated carbocycles. The lowest BCUT2D eigenvalue weighted by Gasteiger charge is -2.33. The van der Waals surface area contributed by atoms with Crippen LogP contribution in [-0.2, 0) is 11.2 Å². The van der Waals surface area contributed by atoms with Crippen LogP contribution in [0.2, 0.25) is 5.02 Å². The van der Waals surface area contributed by atoms with Crippen LogP contribution in [0.4, 0.5) is 0 Å². The summed E-state index contributed by atoms with van der Waals surface area (Å²) >= 11 is 7.82. The maximum Gasteiger partial charge on any atom is 0.0951 e. The molecule has 0 radical (unpaired) electrons. The van der Waals surface area contributed by atoms with Crippen molar-refractivity contribution in [2.75, 3.05) is 26.3 Å². The fraction of sp³-hybridized carbons (Fsp3) is 0.611. The summed E-state index contributed by atoms with van der Waals surface area (Å²) in [6, 6.07) is 7.07. The molecule has 2 fully saturated rings. The molecule has 2 aliphatic rings. The number of thiazole rings is 1. The summed E-state index contributed by atoms with van der Waals surface area (Å²) in [6.45, 7) is 3.69. The van der Waals surface area contributed by atoms with Gasteiger partial charge in [0.1, 0.15) is 0 Å². The van der Waals surface area contributed by atoms with Gasteiger partial charge in [0.25, 0.3) is 0 Å². The SMILES string of the molecule is Cl.Clc1ccc2sc(CCNC3CCCC3C3COCCN3)nc2c1. The smallest absolute Gasteiger partial charge is 0.0951 e. The van der Waals surface area contributed by atoms with Crippen LogP contribution in [0.5, 0.6) is 0 Å². The van der Waals surface area contributed by atoms with Crippen molar-refractivity contribution in [1.29, 1.82) is 0 Å². The minimum atomic E-state index is 0. The van der Waals surface area contributed by atoms with Gasteiger partial charge in [0, 0.05) is 36.6 Å². The van der Waals surface area contributed by atoms with E-state index in [4.69, 9.17) is 21.3 Å². The van der Waals surface area contributed by atoms with Crippen LogP contribution < -0.4 is 10.6 Å². The maximum absolute atomic E-state index is 6.04. The van der Waals surface area contributed by atoms with Crippen molar-refractivity contribution in [2.45, 2.75) is 37.8 Å². The van der Waals surface area contributed by atoms with Crippen molar-refractivity contribution in [2.24, 2.45) is 5.92 Å². The molecule has 1 aliphatic carbocycles. The molecule has 0 bridgehead atoms. The Morgan fingerprint density at radius 3 is 3.12 bits per heavy atom. The lowest BCUT2D eigenvalue weighted by molar-refractivity contribution is 0.0526. The number of rotatable bonds is 5. The third-order valence-corrected chi connectivity index (χ3v) is 6.51. The van der Waals surface area contributed by atoms with E-state index in [1.54, 1.807) is 11.3 Å². The van der Waals surface area contributed by atoms with Crippen molar-refractivity contribution >= 4 is 45.6 Å². The van der Waals surface area contributed by atoms with Gasteiger partial charge in [0.15, 0.2) is 0 Å². The van der Waals surface area contributed by atoms with E-state index in [0.29, 0.717) is 18.0 Å². The molecule has 4 rings (SSSR count). The van der Waals surface area contributed by atoms with Gasteiger partial charge in [-0.1, -0.05) is 18.0 Å². The van der Waals surface area contributed by atoms with Gasteiger partial charge in [-0.3, -0.25) is 0 Å². The summed E-state index contributed by atoms with van der Waals surface area (Å²) in [5.41, 5.74) is 1.02. The van der Waals surface area contributed by atoms with Gasteiger partial charge in [0.05, 0.1) is 28.4 Å². The second-order valence-electron chi connectivity index (χ2n) is 6.76. The van der Waals surface area contributed by atoms with Gasteiger partial charge in [-0.2, -0.15) is 0 Å². The number of fused-ring (bicyclic) bond motifs is 1. The Balaban J connectivity index is 0.00000182. The van der Waals surface area contributed by atoms with Gasteiger partial charge < -0.3 is 15.4 Å². The van der Waals surface area contributed by atoms with Crippen molar-refractivity contribution in [3.63, 3.8) is 0 Å². The molecule has 2 aromatic rings. The van der Waals surface area contributed by atoms with Gasteiger partial charge in [0.2, 0.25) is 0 Å². The predicted molar refractivity (Wildman–Crippen MR) is 107 cm³/mol. The van der Waals surface area contributed by atoms with E-state index in [1.807, 2.05) is 12.1 Å². The fourth-order valence-electron chi connectivity index (χ4n) is 4.00. The van der Waals surface area contributed by atoms with E-state index < -0.39 is 0 Å². The molecule has 1 saturated heterocycles. The molecule has 2 heterocycles. The summed E-state index contributed by atoms with van der Waals surface area (Å²) in [5, 5.41) is 9.36. The van der Waals surface area contributed by atoms with E-state index >= 15 is 0 Å². The molecule has 138 valence electrons. The largest absolute Gasteiger partial charge is 0.379 e. The maximum atomic E-state index is 6.04. The third kappa shape index (κ3) is 4.65. The first kappa shape index (κ1) is 19.3. The molecule has 7 heteroatoms. The van der Waals surface area contributed by atoms with Crippen molar-refractivity contribution in [3.8, 4) is 0 Å². The minimum absolute atomic E-state index is 0. The summed E-state index contributed by atoms with van der Waals surface area (Å²) in [5.74, 6) is 0.694. The molecule has 3 unspecified atom stereocenters. The van der Waals surface area contributed by atoms with Crippen LogP contribution in [-0.4, -0.2) is 43.4 Å². The zero-order valence-electron chi connectivity index (χ0n) is 14.2. The molecule has 1 aromatic heterocycles. The molecule has 0 amide bonds. The average Bonchev–Trinajstić information content (AvgIpc) is 3.22. The Morgan fingerprint density at radius 2 is 2.28 bits per heavy atom. The molecule has 3 atom stereocenters. The quantitative estimate of drug-likeness (QED) is 0.802. The molecule has 1 aromatic carbocycles. The first-order valence-electron chi connectivity index (χ1n) is 8.89.